The van der Waals surface area contributed by atoms with E-state index in [0.29, 0.717) is 11.0 Å². The van der Waals surface area contributed by atoms with Gasteiger partial charge >= 0.3 is 5.63 Å². The molecule has 0 N–H and O–H groups in total. The van der Waals surface area contributed by atoms with E-state index in [1.54, 1.807) is 14.2 Å². The largest absolute Gasteiger partial charge is 0.496 e. The molecule has 0 radical (unpaired) electrons. The van der Waals surface area contributed by atoms with E-state index >= 15 is 0 Å². The maximum Gasteiger partial charge on any atom is 0.344 e. The summed E-state index contributed by atoms with van der Waals surface area (Å²) in [5.41, 5.74) is 3.89. The van der Waals surface area contributed by atoms with E-state index in [1.165, 1.54) is 0 Å². The van der Waals surface area contributed by atoms with Crippen molar-refractivity contribution >= 4 is 21.7 Å². The fourth-order valence-electron chi connectivity index (χ4n) is 3.49. The van der Waals surface area contributed by atoms with Crippen LogP contribution in [0.25, 0.3) is 21.7 Å². The number of fused-ring (bicyclic) bond motifs is 3. The van der Waals surface area contributed by atoms with Gasteiger partial charge in [0.15, 0.2) is 0 Å². The van der Waals surface area contributed by atoms with Crippen molar-refractivity contribution in [2.24, 2.45) is 0 Å². The van der Waals surface area contributed by atoms with Gasteiger partial charge in [-0.25, -0.2) is 4.79 Å². The number of benzene rings is 2. The highest BCUT2D eigenvalue weighted by Crippen LogP contribution is 2.37. The van der Waals surface area contributed by atoms with Crippen molar-refractivity contribution in [2.75, 3.05) is 14.2 Å². The Kier molecular flexibility index (Phi) is 3.55. The van der Waals surface area contributed by atoms with Gasteiger partial charge in [0.1, 0.15) is 17.1 Å². The van der Waals surface area contributed by atoms with Gasteiger partial charge in [-0.3, -0.25) is 0 Å². The van der Waals surface area contributed by atoms with Gasteiger partial charge in [0.25, 0.3) is 0 Å². The predicted molar refractivity (Wildman–Crippen MR) is 92.0 cm³/mol. The first kappa shape index (κ1) is 15.4. The molecule has 1 aromatic heterocycles. The summed E-state index contributed by atoms with van der Waals surface area (Å²) in [5, 5.41) is 2.38. The highest BCUT2D eigenvalue weighted by molar-refractivity contribution is 6.08. The molecule has 0 fully saturated rings. The molecule has 1 heterocycles. The number of methoxy groups -OCH3 is 2. The first-order chi connectivity index (χ1) is 10.9. The van der Waals surface area contributed by atoms with Crippen molar-refractivity contribution in [3.05, 3.63) is 44.8 Å². The van der Waals surface area contributed by atoms with E-state index in [0.717, 1.165) is 44.5 Å². The molecule has 0 bridgehead atoms. The van der Waals surface area contributed by atoms with Gasteiger partial charge in [-0.1, -0.05) is 0 Å². The van der Waals surface area contributed by atoms with Crippen molar-refractivity contribution < 1.29 is 13.9 Å². The first-order valence-electron chi connectivity index (χ1n) is 7.49. The van der Waals surface area contributed by atoms with Crippen molar-refractivity contribution in [3.63, 3.8) is 0 Å². The maximum atomic E-state index is 12.6. The van der Waals surface area contributed by atoms with Crippen LogP contribution in [0.3, 0.4) is 0 Å². The SMILES string of the molecule is COc1c(C)cc2c(oc(=O)c3c(C)c(OC)c(C)cc32)c1C. The van der Waals surface area contributed by atoms with Crippen LogP contribution in [0.5, 0.6) is 11.5 Å². The molecular weight excluding hydrogens is 292 g/mol. The molecule has 0 atom stereocenters. The molecule has 0 saturated carbocycles. The van der Waals surface area contributed by atoms with Crippen LogP contribution >= 0.6 is 0 Å². The van der Waals surface area contributed by atoms with Crippen molar-refractivity contribution in [2.45, 2.75) is 27.7 Å². The summed E-state index contributed by atoms with van der Waals surface area (Å²) in [6, 6.07) is 4.00. The minimum atomic E-state index is -0.350. The van der Waals surface area contributed by atoms with E-state index in [4.69, 9.17) is 13.9 Å². The number of rotatable bonds is 2. The molecule has 23 heavy (non-hydrogen) atoms. The fraction of sp³-hybridized carbons (Fsp3) is 0.316. The molecule has 0 amide bonds. The van der Waals surface area contributed by atoms with E-state index in [2.05, 4.69) is 0 Å². The lowest BCUT2D eigenvalue weighted by atomic mass is 9.97. The molecule has 0 aliphatic heterocycles. The first-order valence-corrected chi connectivity index (χ1v) is 7.49. The summed E-state index contributed by atoms with van der Waals surface area (Å²) in [6.07, 6.45) is 0. The average Bonchev–Trinajstić information content (AvgIpc) is 2.49. The zero-order chi connectivity index (χ0) is 16.9. The van der Waals surface area contributed by atoms with E-state index in [-0.39, 0.29) is 5.63 Å². The zero-order valence-corrected chi connectivity index (χ0v) is 14.3. The Morgan fingerprint density at radius 2 is 1.35 bits per heavy atom. The molecule has 0 saturated heterocycles. The lowest BCUT2D eigenvalue weighted by Crippen LogP contribution is -2.06. The Morgan fingerprint density at radius 1 is 0.826 bits per heavy atom. The fourth-order valence-corrected chi connectivity index (χ4v) is 3.49. The van der Waals surface area contributed by atoms with Gasteiger partial charge in [-0.15, -0.1) is 0 Å². The quantitative estimate of drug-likeness (QED) is 0.526. The molecule has 4 nitrogen and oxygen atoms in total. The minimum absolute atomic E-state index is 0.350. The predicted octanol–water partition coefficient (Wildman–Crippen LogP) is 4.20. The van der Waals surface area contributed by atoms with Crippen LogP contribution in [0, 0.1) is 27.7 Å². The van der Waals surface area contributed by atoms with Gasteiger partial charge in [0.2, 0.25) is 0 Å². The maximum absolute atomic E-state index is 12.6. The summed E-state index contributed by atoms with van der Waals surface area (Å²) in [5.74, 6) is 1.48. The van der Waals surface area contributed by atoms with Gasteiger partial charge in [-0.2, -0.15) is 0 Å². The second-order valence-electron chi connectivity index (χ2n) is 5.89. The molecule has 0 unspecified atom stereocenters. The Hall–Kier alpha value is -2.49. The summed E-state index contributed by atoms with van der Waals surface area (Å²) in [4.78, 5) is 12.6. The zero-order valence-electron chi connectivity index (χ0n) is 14.3. The molecular formula is C19H20O4. The van der Waals surface area contributed by atoms with E-state index < -0.39 is 0 Å². The van der Waals surface area contributed by atoms with Crippen LogP contribution in [0.15, 0.2) is 21.3 Å². The molecule has 3 rings (SSSR count). The van der Waals surface area contributed by atoms with Gasteiger partial charge < -0.3 is 13.9 Å². The Labute approximate surface area is 134 Å². The Morgan fingerprint density at radius 3 is 1.91 bits per heavy atom. The molecule has 0 aliphatic rings. The summed E-state index contributed by atoms with van der Waals surface area (Å²) >= 11 is 0. The van der Waals surface area contributed by atoms with Gasteiger partial charge in [0.05, 0.1) is 19.6 Å². The van der Waals surface area contributed by atoms with Crippen LogP contribution in [0.1, 0.15) is 22.3 Å². The number of hydrogen-bond acceptors (Lipinski definition) is 4. The standard InChI is InChI=1S/C19H20O4/c1-9-7-13-14-8-10(2)17(22-6)12(4)18(14)23-19(20)15(13)11(3)16(9)21-5/h7-8H,1-6H3. The molecule has 0 aliphatic carbocycles. The van der Waals surface area contributed by atoms with Gasteiger partial charge in [-0.05, 0) is 51.0 Å². The minimum Gasteiger partial charge on any atom is -0.496 e. The van der Waals surface area contributed by atoms with Crippen LogP contribution in [0.4, 0.5) is 0 Å². The molecule has 4 heteroatoms. The molecule has 2 aromatic carbocycles. The molecule has 3 aromatic rings. The van der Waals surface area contributed by atoms with E-state index in [1.807, 2.05) is 39.8 Å². The summed E-state index contributed by atoms with van der Waals surface area (Å²) < 4.78 is 16.5. The Bertz CT molecular complexity index is 996. The smallest absolute Gasteiger partial charge is 0.344 e. The third kappa shape index (κ3) is 2.09. The third-order valence-electron chi connectivity index (χ3n) is 4.45. The highest BCUT2D eigenvalue weighted by Gasteiger charge is 2.18. The lowest BCUT2D eigenvalue weighted by Gasteiger charge is -2.15. The van der Waals surface area contributed by atoms with Crippen LogP contribution in [-0.4, -0.2) is 14.2 Å². The number of ether oxygens (including phenoxy) is 2. The molecule has 0 spiro atoms. The monoisotopic (exact) mass is 312 g/mol. The summed E-state index contributed by atoms with van der Waals surface area (Å²) in [6.45, 7) is 7.77. The second kappa shape index (κ2) is 5.30. The Balaban J connectivity index is 2.62. The number of aryl methyl sites for hydroxylation is 4. The van der Waals surface area contributed by atoms with Crippen LogP contribution in [-0.2, 0) is 0 Å². The van der Waals surface area contributed by atoms with Crippen LogP contribution in [0.2, 0.25) is 0 Å². The topological polar surface area (TPSA) is 48.7 Å². The molecule has 120 valence electrons. The average molecular weight is 312 g/mol. The van der Waals surface area contributed by atoms with E-state index in [9.17, 15) is 4.79 Å². The van der Waals surface area contributed by atoms with Crippen LogP contribution < -0.4 is 15.1 Å². The summed E-state index contributed by atoms with van der Waals surface area (Å²) in [7, 11) is 3.24. The highest BCUT2D eigenvalue weighted by atomic mass is 16.5. The van der Waals surface area contributed by atoms with Crippen molar-refractivity contribution in [1.29, 1.82) is 0 Å². The number of hydrogen-bond donors (Lipinski definition) is 0. The van der Waals surface area contributed by atoms with Gasteiger partial charge in [0, 0.05) is 21.9 Å². The lowest BCUT2D eigenvalue weighted by molar-refractivity contribution is 0.407. The second-order valence-corrected chi connectivity index (χ2v) is 5.89. The normalized spacial score (nSPS) is 11.2. The van der Waals surface area contributed by atoms with Crippen molar-refractivity contribution in [3.8, 4) is 11.5 Å². The third-order valence-corrected chi connectivity index (χ3v) is 4.45. The van der Waals surface area contributed by atoms with Crippen molar-refractivity contribution in [1.82, 2.24) is 0 Å².